The molecule has 1 unspecified atom stereocenters. The molecule has 2 aromatic rings. The van der Waals surface area contributed by atoms with Crippen LogP contribution in [0, 0.1) is 0 Å². The summed E-state index contributed by atoms with van der Waals surface area (Å²) in [4.78, 5) is 14.3. The van der Waals surface area contributed by atoms with Gasteiger partial charge in [-0.1, -0.05) is 60.7 Å². The van der Waals surface area contributed by atoms with E-state index >= 15 is 0 Å². The third kappa shape index (κ3) is 3.60. The van der Waals surface area contributed by atoms with Crippen molar-refractivity contribution in [3.63, 3.8) is 0 Å². The molecule has 0 spiro atoms. The minimum Gasteiger partial charge on any atom is -0.445 e. The smallest absolute Gasteiger partial charge is 0.410 e. The Hall–Kier alpha value is -2.33. The molecule has 1 atom stereocenters. The Morgan fingerprint density at radius 2 is 1.67 bits per heavy atom. The number of carbonyl (C=O) groups excluding carboxylic acids is 1. The van der Waals surface area contributed by atoms with Crippen molar-refractivity contribution in [2.24, 2.45) is 0 Å². The monoisotopic (exact) mass is 325 g/mol. The van der Waals surface area contributed by atoms with E-state index in [0.717, 1.165) is 24.0 Å². The van der Waals surface area contributed by atoms with Crippen molar-refractivity contribution < 1.29 is 14.6 Å². The first-order chi connectivity index (χ1) is 11.7. The minimum absolute atomic E-state index is 0.0532. The van der Waals surface area contributed by atoms with Crippen molar-refractivity contribution in [2.75, 3.05) is 13.2 Å². The zero-order valence-electron chi connectivity index (χ0n) is 13.7. The second-order valence-corrected chi connectivity index (χ2v) is 6.34. The van der Waals surface area contributed by atoms with Gasteiger partial charge in [0, 0.05) is 6.54 Å². The number of rotatable bonds is 5. The largest absolute Gasteiger partial charge is 0.445 e. The summed E-state index contributed by atoms with van der Waals surface area (Å²) in [5, 5.41) is 10.0. The van der Waals surface area contributed by atoms with E-state index in [4.69, 9.17) is 4.74 Å². The first-order valence-electron chi connectivity index (χ1n) is 8.37. The van der Waals surface area contributed by atoms with Gasteiger partial charge in [-0.05, 0) is 30.4 Å². The number of benzene rings is 2. The van der Waals surface area contributed by atoms with Crippen molar-refractivity contribution in [2.45, 2.75) is 31.4 Å². The zero-order chi connectivity index (χ0) is 16.8. The van der Waals surface area contributed by atoms with Crippen LogP contribution in [0.4, 0.5) is 4.79 Å². The van der Waals surface area contributed by atoms with E-state index in [9.17, 15) is 9.90 Å². The van der Waals surface area contributed by atoms with Gasteiger partial charge in [-0.15, -0.1) is 0 Å². The Kier molecular flexibility index (Phi) is 5.16. The summed E-state index contributed by atoms with van der Waals surface area (Å²) in [6.07, 6.45) is 1.97. The number of nitrogens with zero attached hydrogens (tertiary/aromatic N) is 1. The molecule has 1 aliphatic heterocycles. The first-order valence-corrected chi connectivity index (χ1v) is 8.37. The lowest BCUT2D eigenvalue weighted by Gasteiger charge is -2.36. The van der Waals surface area contributed by atoms with Gasteiger partial charge in [0.25, 0.3) is 0 Å². The van der Waals surface area contributed by atoms with Crippen LogP contribution in [0.25, 0.3) is 0 Å². The molecule has 1 saturated heterocycles. The molecule has 4 heteroatoms. The summed E-state index contributed by atoms with van der Waals surface area (Å²) >= 11 is 0. The van der Waals surface area contributed by atoms with E-state index in [-0.39, 0.29) is 19.3 Å². The SMILES string of the molecule is O=C(OCc1ccccc1)N1CCCC1(CO)Cc1ccccc1. The average molecular weight is 325 g/mol. The summed E-state index contributed by atoms with van der Waals surface area (Å²) in [6, 6.07) is 19.6. The molecule has 0 radical (unpaired) electrons. The standard InChI is InChI=1S/C20H23NO3/c22-16-20(14-17-8-3-1-4-9-17)12-7-13-21(20)19(23)24-15-18-10-5-2-6-11-18/h1-6,8-11,22H,7,12-16H2. The summed E-state index contributed by atoms with van der Waals surface area (Å²) in [7, 11) is 0. The van der Waals surface area contributed by atoms with Gasteiger partial charge in [-0.3, -0.25) is 4.90 Å². The maximum atomic E-state index is 12.6. The molecule has 1 amide bonds. The van der Waals surface area contributed by atoms with Crippen LogP contribution in [0.5, 0.6) is 0 Å². The predicted molar refractivity (Wildman–Crippen MR) is 92.5 cm³/mol. The Balaban J connectivity index is 1.69. The molecule has 1 aliphatic rings. The van der Waals surface area contributed by atoms with E-state index in [1.165, 1.54) is 0 Å². The second kappa shape index (κ2) is 7.49. The Morgan fingerprint density at radius 1 is 1.04 bits per heavy atom. The third-order valence-corrected chi connectivity index (χ3v) is 4.69. The van der Waals surface area contributed by atoms with E-state index in [2.05, 4.69) is 0 Å². The number of hydrogen-bond donors (Lipinski definition) is 1. The maximum Gasteiger partial charge on any atom is 0.410 e. The van der Waals surface area contributed by atoms with Crippen LogP contribution in [-0.4, -0.2) is 34.8 Å². The van der Waals surface area contributed by atoms with E-state index < -0.39 is 5.54 Å². The van der Waals surface area contributed by atoms with Gasteiger partial charge >= 0.3 is 6.09 Å². The number of aliphatic hydroxyl groups is 1. The molecule has 4 nitrogen and oxygen atoms in total. The maximum absolute atomic E-state index is 12.6. The lowest BCUT2D eigenvalue weighted by atomic mass is 9.89. The topological polar surface area (TPSA) is 49.8 Å². The highest BCUT2D eigenvalue weighted by Crippen LogP contribution is 2.33. The Labute approximate surface area is 142 Å². The van der Waals surface area contributed by atoms with Crippen molar-refractivity contribution in [1.82, 2.24) is 4.90 Å². The van der Waals surface area contributed by atoms with Crippen LogP contribution in [-0.2, 0) is 17.8 Å². The second-order valence-electron chi connectivity index (χ2n) is 6.34. The molecule has 1 N–H and O–H groups in total. The Morgan fingerprint density at radius 3 is 2.29 bits per heavy atom. The highest BCUT2D eigenvalue weighted by molar-refractivity contribution is 5.69. The molecule has 0 aromatic heterocycles. The molecule has 0 saturated carbocycles. The molecule has 0 aliphatic carbocycles. The van der Waals surface area contributed by atoms with Gasteiger partial charge in [0.05, 0.1) is 12.1 Å². The molecule has 1 heterocycles. The van der Waals surface area contributed by atoms with Crippen molar-refractivity contribution in [3.05, 3.63) is 71.8 Å². The molecule has 0 bridgehead atoms. The number of ether oxygens (including phenoxy) is 1. The van der Waals surface area contributed by atoms with Crippen molar-refractivity contribution in [3.8, 4) is 0 Å². The molecule has 1 fully saturated rings. The number of aliphatic hydroxyl groups excluding tert-OH is 1. The highest BCUT2D eigenvalue weighted by atomic mass is 16.6. The fourth-order valence-electron chi connectivity index (χ4n) is 3.40. The molecular formula is C20H23NO3. The minimum atomic E-state index is -0.560. The fraction of sp³-hybridized carbons (Fsp3) is 0.350. The van der Waals surface area contributed by atoms with Crippen LogP contribution < -0.4 is 0 Å². The predicted octanol–water partition coefficient (Wildman–Crippen LogP) is 3.39. The normalized spacial score (nSPS) is 20.1. The third-order valence-electron chi connectivity index (χ3n) is 4.69. The average Bonchev–Trinajstić information content (AvgIpc) is 3.05. The Bertz CT molecular complexity index is 659. The zero-order valence-corrected chi connectivity index (χ0v) is 13.7. The van der Waals surface area contributed by atoms with Gasteiger partial charge in [-0.2, -0.15) is 0 Å². The molecule has 126 valence electrons. The lowest BCUT2D eigenvalue weighted by molar-refractivity contribution is 0.0371. The summed E-state index contributed by atoms with van der Waals surface area (Å²) in [5.41, 5.74) is 1.52. The quantitative estimate of drug-likeness (QED) is 0.917. The molecular weight excluding hydrogens is 302 g/mol. The summed E-state index contributed by atoms with van der Waals surface area (Å²) < 4.78 is 5.48. The van der Waals surface area contributed by atoms with Crippen molar-refractivity contribution in [1.29, 1.82) is 0 Å². The number of carbonyl (C=O) groups is 1. The van der Waals surface area contributed by atoms with Gasteiger partial charge < -0.3 is 9.84 Å². The lowest BCUT2D eigenvalue weighted by Crippen LogP contribution is -2.51. The van der Waals surface area contributed by atoms with E-state index in [0.29, 0.717) is 13.0 Å². The van der Waals surface area contributed by atoms with Gasteiger partial charge in [-0.25, -0.2) is 4.79 Å². The highest BCUT2D eigenvalue weighted by Gasteiger charge is 2.44. The number of likely N-dealkylation sites (tertiary alicyclic amines) is 1. The van der Waals surface area contributed by atoms with E-state index in [1.807, 2.05) is 60.7 Å². The number of hydrogen-bond acceptors (Lipinski definition) is 3. The van der Waals surface area contributed by atoms with Crippen molar-refractivity contribution >= 4 is 6.09 Å². The molecule has 24 heavy (non-hydrogen) atoms. The van der Waals surface area contributed by atoms with Gasteiger partial charge in [0.2, 0.25) is 0 Å². The van der Waals surface area contributed by atoms with Crippen LogP contribution in [0.2, 0.25) is 0 Å². The van der Waals surface area contributed by atoms with Gasteiger partial charge in [0.1, 0.15) is 6.61 Å². The summed E-state index contributed by atoms with van der Waals surface area (Å²) in [6.45, 7) is 0.826. The molecule has 2 aromatic carbocycles. The number of amides is 1. The summed E-state index contributed by atoms with van der Waals surface area (Å²) in [5.74, 6) is 0. The van der Waals surface area contributed by atoms with Crippen LogP contribution in [0.1, 0.15) is 24.0 Å². The van der Waals surface area contributed by atoms with Crippen LogP contribution in [0.15, 0.2) is 60.7 Å². The molecule has 3 rings (SSSR count). The first kappa shape index (κ1) is 16.5. The van der Waals surface area contributed by atoms with Crippen LogP contribution >= 0.6 is 0 Å². The fourth-order valence-corrected chi connectivity index (χ4v) is 3.40. The van der Waals surface area contributed by atoms with Crippen LogP contribution in [0.3, 0.4) is 0 Å². The van der Waals surface area contributed by atoms with E-state index in [1.54, 1.807) is 4.90 Å². The van der Waals surface area contributed by atoms with Gasteiger partial charge in [0.15, 0.2) is 0 Å².